The second-order valence-corrected chi connectivity index (χ2v) is 6.96. The van der Waals surface area contributed by atoms with Gasteiger partial charge in [0.25, 0.3) is 5.91 Å². The van der Waals surface area contributed by atoms with E-state index in [0.29, 0.717) is 11.4 Å². The summed E-state index contributed by atoms with van der Waals surface area (Å²) in [4.78, 5) is 36.5. The topological polar surface area (TPSA) is 93.7 Å². The zero-order valence-electron chi connectivity index (χ0n) is 18.2. The Morgan fingerprint density at radius 2 is 1.65 bits per heavy atom. The fraction of sp³-hybridized carbons (Fsp3) is 0.292. The first-order valence-electron chi connectivity index (χ1n) is 10.0. The van der Waals surface area contributed by atoms with Crippen molar-refractivity contribution < 1.29 is 23.9 Å². The molecule has 0 radical (unpaired) electrons. The van der Waals surface area contributed by atoms with Crippen LogP contribution in [-0.2, 0) is 25.5 Å². The molecule has 31 heavy (non-hydrogen) atoms. The molecule has 2 amide bonds. The predicted octanol–water partition coefficient (Wildman–Crippen LogP) is 3.35. The molecule has 1 unspecified atom stereocenters. The van der Waals surface area contributed by atoms with E-state index >= 15 is 0 Å². The van der Waals surface area contributed by atoms with E-state index in [2.05, 4.69) is 10.6 Å². The third kappa shape index (κ3) is 7.62. The Morgan fingerprint density at radius 3 is 2.23 bits per heavy atom. The molecule has 164 valence electrons. The number of amides is 2. The number of benzene rings is 2. The van der Waals surface area contributed by atoms with Crippen molar-refractivity contribution in [1.29, 1.82) is 0 Å². The number of carbonyl (C=O) groups is 3. The van der Waals surface area contributed by atoms with Crippen molar-refractivity contribution in [1.82, 2.24) is 5.32 Å². The first kappa shape index (κ1) is 23.7. The van der Waals surface area contributed by atoms with Crippen LogP contribution in [0.15, 0.2) is 54.6 Å². The smallest absolute Gasteiger partial charge is 0.329 e. The lowest BCUT2D eigenvalue weighted by atomic mass is 10.1. The molecule has 7 nitrogen and oxygen atoms in total. The minimum Gasteiger partial charge on any atom is -0.497 e. The van der Waals surface area contributed by atoms with Crippen LogP contribution in [-0.4, -0.2) is 37.0 Å². The Balaban J connectivity index is 1.81. The molecule has 7 heteroatoms. The molecule has 0 heterocycles. The molecule has 2 N–H and O–H groups in total. The molecule has 0 aliphatic carbocycles. The Morgan fingerprint density at radius 1 is 1.00 bits per heavy atom. The molecule has 0 bridgehead atoms. The Kier molecular flexibility index (Phi) is 8.81. The molecule has 0 saturated heterocycles. The number of nitrogens with one attached hydrogen (secondary N) is 2. The number of esters is 1. The maximum Gasteiger partial charge on any atom is 0.329 e. The standard InChI is InChI=1S/C24H28N2O5/c1-5-18-6-11-20(12-7-18)26-23(28)17(3)31-24(29)16(2)25-22(27)15-10-19-8-13-21(30-4)14-9-19/h6-17H,5H2,1-4H3,(H,25,27)(H,26,28)/t16-,17?/m0/s1. The largest absolute Gasteiger partial charge is 0.497 e. The molecule has 0 spiro atoms. The average molecular weight is 424 g/mol. The number of hydrogen-bond donors (Lipinski definition) is 2. The maximum atomic E-state index is 12.3. The summed E-state index contributed by atoms with van der Waals surface area (Å²) in [6, 6.07) is 13.7. The van der Waals surface area contributed by atoms with E-state index < -0.39 is 29.9 Å². The normalized spacial score (nSPS) is 12.6. The Hall–Kier alpha value is -3.61. The third-order valence-corrected chi connectivity index (χ3v) is 4.55. The van der Waals surface area contributed by atoms with Crippen LogP contribution in [0.5, 0.6) is 5.75 Å². The van der Waals surface area contributed by atoms with Gasteiger partial charge in [0.15, 0.2) is 6.10 Å². The van der Waals surface area contributed by atoms with Crippen LogP contribution >= 0.6 is 0 Å². The molecule has 0 aliphatic rings. The summed E-state index contributed by atoms with van der Waals surface area (Å²) in [6.07, 6.45) is 2.84. The molecule has 2 aromatic carbocycles. The molecule has 0 aromatic heterocycles. The highest BCUT2D eigenvalue weighted by Gasteiger charge is 2.22. The van der Waals surface area contributed by atoms with Gasteiger partial charge in [-0.25, -0.2) is 4.79 Å². The molecule has 0 fully saturated rings. The highest BCUT2D eigenvalue weighted by molar-refractivity contribution is 5.97. The van der Waals surface area contributed by atoms with Crippen molar-refractivity contribution in [2.75, 3.05) is 12.4 Å². The number of aryl methyl sites for hydroxylation is 1. The van der Waals surface area contributed by atoms with Crippen molar-refractivity contribution in [3.05, 3.63) is 65.7 Å². The number of hydrogen-bond acceptors (Lipinski definition) is 5. The van der Waals surface area contributed by atoms with Gasteiger partial charge in [-0.3, -0.25) is 9.59 Å². The van der Waals surface area contributed by atoms with Crippen molar-refractivity contribution in [2.45, 2.75) is 39.3 Å². The van der Waals surface area contributed by atoms with E-state index in [9.17, 15) is 14.4 Å². The van der Waals surface area contributed by atoms with Gasteiger partial charge in [0.1, 0.15) is 11.8 Å². The molecule has 2 atom stereocenters. The molecule has 2 rings (SSSR count). The van der Waals surface area contributed by atoms with Gasteiger partial charge in [0.2, 0.25) is 5.91 Å². The molecule has 2 aromatic rings. The van der Waals surface area contributed by atoms with Crippen LogP contribution in [0.25, 0.3) is 6.08 Å². The van der Waals surface area contributed by atoms with E-state index in [0.717, 1.165) is 17.5 Å². The van der Waals surface area contributed by atoms with E-state index in [4.69, 9.17) is 9.47 Å². The van der Waals surface area contributed by atoms with Crippen LogP contribution in [0.1, 0.15) is 31.9 Å². The molecule has 0 saturated carbocycles. The van der Waals surface area contributed by atoms with Crippen molar-refractivity contribution in [3.63, 3.8) is 0 Å². The lowest BCUT2D eigenvalue weighted by Crippen LogP contribution is -2.41. The van der Waals surface area contributed by atoms with E-state index in [-0.39, 0.29) is 0 Å². The number of methoxy groups -OCH3 is 1. The predicted molar refractivity (Wildman–Crippen MR) is 120 cm³/mol. The van der Waals surface area contributed by atoms with E-state index in [1.807, 2.05) is 19.1 Å². The second kappa shape index (κ2) is 11.5. The van der Waals surface area contributed by atoms with E-state index in [1.165, 1.54) is 19.9 Å². The van der Waals surface area contributed by atoms with Crippen molar-refractivity contribution in [3.8, 4) is 5.75 Å². The van der Waals surface area contributed by atoms with Crippen LogP contribution in [0.2, 0.25) is 0 Å². The zero-order valence-corrected chi connectivity index (χ0v) is 18.2. The van der Waals surface area contributed by atoms with Gasteiger partial charge in [-0.15, -0.1) is 0 Å². The first-order chi connectivity index (χ1) is 14.8. The quantitative estimate of drug-likeness (QED) is 0.476. The first-order valence-corrected chi connectivity index (χ1v) is 10.0. The highest BCUT2D eigenvalue weighted by atomic mass is 16.5. The molecule has 0 aliphatic heterocycles. The summed E-state index contributed by atoms with van der Waals surface area (Å²) in [5.41, 5.74) is 2.58. The Labute approximate surface area is 182 Å². The summed E-state index contributed by atoms with van der Waals surface area (Å²) in [6.45, 7) is 5.02. The van der Waals surface area contributed by atoms with Gasteiger partial charge in [-0.1, -0.05) is 31.2 Å². The summed E-state index contributed by atoms with van der Waals surface area (Å²) in [5.74, 6) is -0.881. The van der Waals surface area contributed by atoms with Gasteiger partial charge >= 0.3 is 5.97 Å². The minimum absolute atomic E-state index is 0.449. The van der Waals surface area contributed by atoms with Crippen molar-refractivity contribution >= 4 is 29.5 Å². The van der Waals surface area contributed by atoms with Gasteiger partial charge in [0, 0.05) is 11.8 Å². The molecular formula is C24H28N2O5. The van der Waals surface area contributed by atoms with Crippen molar-refractivity contribution in [2.24, 2.45) is 0 Å². The van der Waals surface area contributed by atoms with Gasteiger partial charge in [-0.05, 0) is 61.7 Å². The molecular weight excluding hydrogens is 396 g/mol. The van der Waals surface area contributed by atoms with Gasteiger partial charge in [-0.2, -0.15) is 0 Å². The van der Waals surface area contributed by atoms with Crippen LogP contribution < -0.4 is 15.4 Å². The second-order valence-electron chi connectivity index (χ2n) is 6.96. The number of rotatable bonds is 9. The number of carbonyl (C=O) groups excluding carboxylic acids is 3. The Bertz CT molecular complexity index is 920. The number of anilines is 1. The third-order valence-electron chi connectivity index (χ3n) is 4.55. The SMILES string of the molecule is CCc1ccc(NC(=O)C(C)OC(=O)[C@H](C)NC(=O)C=Cc2ccc(OC)cc2)cc1. The number of ether oxygens (including phenoxy) is 2. The summed E-state index contributed by atoms with van der Waals surface area (Å²) in [5, 5.41) is 5.22. The van der Waals surface area contributed by atoms with Crippen LogP contribution in [0.3, 0.4) is 0 Å². The summed E-state index contributed by atoms with van der Waals surface area (Å²) >= 11 is 0. The fourth-order valence-electron chi connectivity index (χ4n) is 2.60. The summed E-state index contributed by atoms with van der Waals surface area (Å²) in [7, 11) is 1.58. The van der Waals surface area contributed by atoms with Gasteiger partial charge < -0.3 is 20.1 Å². The van der Waals surface area contributed by atoms with Crippen LogP contribution in [0.4, 0.5) is 5.69 Å². The fourth-order valence-corrected chi connectivity index (χ4v) is 2.60. The lowest BCUT2D eigenvalue weighted by Gasteiger charge is -2.17. The summed E-state index contributed by atoms with van der Waals surface area (Å²) < 4.78 is 10.3. The monoisotopic (exact) mass is 424 g/mol. The lowest BCUT2D eigenvalue weighted by molar-refractivity contribution is -0.155. The maximum absolute atomic E-state index is 12.3. The van der Waals surface area contributed by atoms with E-state index in [1.54, 1.807) is 49.6 Å². The minimum atomic E-state index is -1.01. The average Bonchev–Trinajstić information content (AvgIpc) is 2.78. The van der Waals surface area contributed by atoms with Crippen LogP contribution in [0, 0.1) is 0 Å². The highest BCUT2D eigenvalue weighted by Crippen LogP contribution is 2.13. The van der Waals surface area contributed by atoms with Gasteiger partial charge in [0.05, 0.1) is 7.11 Å². The zero-order chi connectivity index (χ0) is 22.8.